The van der Waals surface area contributed by atoms with Crippen LogP contribution >= 0.6 is 0 Å². The fraction of sp³-hybridized carbons (Fsp3) is 0.263. The number of amides is 2. The van der Waals surface area contributed by atoms with E-state index in [4.69, 9.17) is 0 Å². The van der Waals surface area contributed by atoms with E-state index in [1.165, 1.54) is 22.2 Å². The summed E-state index contributed by atoms with van der Waals surface area (Å²) in [6.45, 7) is 3.02. The van der Waals surface area contributed by atoms with Crippen LogP contribution in [0.2, 0.25) is 0 Å². The van der Waals surface area contributed by atoms with E-state index >= 15 is 0 Å². The van der Waals surface area contributed by atoms with Crippen LogP contribution in [0.4, 0.5) is 4.39 Å². The summed E-state index contributed by atoms with van der Waals surface area (Å²) in [5.74, 6) is -0.650. The van der Waals surface area contributed by atoms with Crippen molar-refractivity contribution < 1.29 is 14.0 Å². The fourth-order valence-electron chi connectivity index (χ4n) is 2.80. The Kier molecular flexibility index (Phi) is 4.60. The zero-order valence-electron chi connectivity index (χ0n) is 13.5. The van der Waals surface area contributed by atoms with Crippen LogP contribution in [-0.4, -0.2) is 34.9 Å². The number of hydrogen-bond donors (Lipinski definition) is 0. The lowest BCUT2D eigenvalue weighted by Crippen LogP contribution is -2.45. The van der Waals surface area contributed by atoms with Crippen LogP contribution in [0.3, 0.4) is 0 Å². The van der Waals surface area contributed by atoms with E-state index in [1.54, 1.807) is 24.3 Å². The highest BCUT2D eigenvalue weighted by Crippen LogP contribution is 2.17. The lowest BCUT2D eigenvalue weighted by molar-refractivity contribution is -0.139. The molecule has 3 rings (SSSR count). The number of nitrogens with zero attached hydrogens (tertiary/aromatic N) is 2. The summed E-state index contributed by atoms with van der Waals surface area (Å²) in [5, 5.41) is 3.02. The van der Waals surface area contributed by atoms with Gasteiger partial charge in [-0.1, -0.05) is 29.8 Å². The van der Waals surface area contributed by atoms with Crippen molar-refractivity contribution in [2.24, 2.45) is 0 Å². The van der Waals surface area contributed by atoms with Gasteiger partial charge in [-0.2, -0.15) is 0 Å². The maximum atomic E-state index is 13.0. The smallest absolute Gasteiger partial charge is 0.272 e. The molecule has 1 heterocycles. The van der Waals surface area contributed by atoms with Crippen LogP contribution in [0, 0.1) is 12.7 Å². The molecule has 0 bridgehead atoms. The minimum atomic E-state index is -0.330. The van der Waals surface area contributed by atoms with E-state index < -0.39 is 0 Å². The average Bonchev–Trinajstić information content (AvgIpc) is 3.07. The van der Waals surface area contributed by atoms with Gasteiger partial charge in [-0.3, -0.25) is 14.6 Å². The molecule has 24 heavy (non-hydrogen) atoms. The first-order valence-electron chi connectivity index (χ1n) is 7.98. The first-order valence-corrected chi connectivity index (χ1v) is 7.98. The molecule has 1 fully saturated rings. The molecule has 0 radical (unpaired) electrons. The Morgan fingerprint density at radius 3 is 2.25 bits per heavy atom. The molecule has 0 N–H and O–H groups in total. The van der Waals surface area contributed by atoms with Crippen molar-refractivity contribution in [3.8, 4) is 0 Å². The maximum absolute atomic E-state index is 13.0. The summed E-state index contributed by atoms with van der Waals surface area (Å²) in [5.41, 5.74) is 2.38. The maximum Gasteiger partial charge on any atom is 0.272 e. The third-order valence-electron chi connectivity index (χ3n) is 4.12. The van der Waals surface area contributed by atoms with Crippen molar-refractivity contribution in [2.45, 2.75) is 19.8 Å². The Balaban J connectivity index is 1.72. The molecule has 1 aliphatic heterocycles. The van der Waals surface area contributed by atoms with Crippen molar-refractivity contribution in [3.63, 3.8) is 0 Å². The van der Waals surface area contributed by atoms with Gasteiger partial charge in [-0.25, -0.2) is 9.40 Å². The highest BCUT2D eigenvalue weighted by atomic mass is 19.1. The minimum absolute atomic E-state index is 0.151. The van der Waals surface area contributed by atoms with Gasteiger partial charge in [0.25, 0.3) is 5.91 Å². The predicted molar refractivity (Wildman–Crippen MR) is 88.6 cm³/mol. The van der Waals surface area contributed by atoms with Gasteiger partial charge in [0.1, 0.15) is 5.82 Å². The van der Waals surface area contributed by atoms with Crippen molar-refractivity contribution in [2.75, 3.05) is 13.1 Å². The van der Waals surface area contributed by atoms with E-state index in [9.17, 15) is 14.0 Å². The minimum Gasteiger partial charge on any atom is -0.273 e. The monoisotopic (exact) mass is 326 g/mol. The number of carbonyl (C=O) groups excluding carboxylic acids is 2. The quantitative estimate of drug-likeness (QED) is 0.870. The van der Waals surface area contributed by atoms with Gasteiger partial charge in [-0.15, -0.1) is 0 Å². The zero-order valence-corrected chi connectivity index (χ0v) is 13.5. The van der Waals surface area contributed by atoms with E-state index in [-0.39, 0.29) is 24.1 Å². The Hall–Kier alpha value is -2.69. The Labute approximate surface area is 140 Å². The predicted octanol–water partition coefficient (Wildman–Crippen LogP) is 2.97. The molecule has 2 aromatic rings. The highest BCUT2D eigenvalue weighted by molar-refractivity contribution is 5.95. The van der Waals surface area contributed by atoms with Crippen LogP contribution < -0.4 is 0 Å². The number of carbonyl (C=O) groups is 2. The summed E-state index contributed by atoms with van der Waals surface area (Å²) in [6, 6.07) is 13.2. The number of hydrazine groups is 1. The second-order valence-corrected chi connectivity index (χ2v) is 5.97. The van der Waals surface area contributed by atoms with Gasteiger partial charge in [0.15, 0.2) is 0 Å². The second kappa shape index (κ2) is 6.83. The largest absolute Gasteiger partial charge is 0.273 e. The molecule has 124 valence electrons. The molecule has 4 nitrogen and oxygen atoms in total. The Morgan fingerprint density at radius 2 is 1.58 bits per heavy atom. The van der Waals surface area contributed by atoms with Crippen molar-refractivity contribution in [1.29, 1.82) is 0 Å². The lowest BCUT2D eigenvalue weighted by Gasteiger charge is -2.28. The van der Waals surface area contributed by atoms with Crippen molar-refractivity contribution >= 4 is 11.8 Å². The van der Waals surface area contributed by atoms with E-state index in [1.807, 2.05) is 19.1 Å². The van der Waals surface area contributed by atoms with Crippen LogP contribution in [0.5, 0.6) is 0 Å². The SMILES string of the molecule is Cc1ccc(C(=O)N2CCCN2C(=O)Cc2ccc(F)cc2)cc1. The van der Waals surface area contributed by atoms with E-state index in [0.29, 0.717) is 18.7 Å². The molecule has 0 spiro atoms. The molecule has 0 aromatic heterocycles. The van der Waals surface area contributed by atoms with E-state index in [0.717, 1.165) is 17.5 Å². The average molecular weight is 326 g/mol. The van der Waals surface area contributed by atoms with Gasteiger partial charge >= 0.3 is 0 Å². The second-order valence-electron chi connectivity index (χ2n) is 5.97. The van der Waals surface area contributed by atoms with Crippen molar-refractivity contribution in [1.82, 2.24) is 10.0 Å². The molecule has 2 amide bonds. The Morgan fingerprint density at radius 1 is 0.958 bits per heavy atom. The molecule has 1 aliphatic rings. The van der Waals surface area contributed by atoms with Gasteiger partial charge < -0.3 is 0 Å². The number of hydrogen-bond acceptors (Lipinski definition) is 2. The molecule has 0 saturated carbocycles. The summed E-state index contributed by atoms with van der Waals surface area (Å²) >= 11 is 0. The van der Waals surface area contributed by atoms with Crippen LogP contribution in [0.1, 0.15) is 27.9 Å². The summed E-state index contributed by atoms with van der Waals surface area (Å²) in [6.07, 6.45) is 0.907. The third-order valence-corrected chi connectivity index (χ3v) is 4.12. The molecule has 0 aliphatic carbocycles. The Bertz CT molecular complexity index is 741. The van der Waals surface area contributed by atoms with Crippen LogP contribution in [0.15, 0.2) is 48.5 Å². The number of aryl methyl sites for hydroxylation is 1. The molecule has 0 atom stereocenters. The normalized spacial score (nSPS) is 14.1. The van der Waals surface area contributed by atoms with Crippen molar-refractivity contribution in [3.05, 3.63) is 71.0 Å². The van der Waals surface area contributed by atoms with E-state index in [2.05, 4.69) is 0 Å². The topological polar surface area (TPSA) is 40.6 Å². The summed E-state index contributed by atoms with van der Waals surface area (Å²) in [7, 11) is 0. The first-order chi connectivity index (χ1) is 11.5. The van der Waals surface area contributed by atoms with Gasteiger partial charge in [-0.05, 0) is 43.2 Å². The van der Waals surface area contributed by atoms with Gasteiger partial charge in [0.05, 0.1) is 6.42 Å². The first kappa shape index (κ1) is 16.2. The molecular weight excluding hydrogens is 307 g/mol. The molecule has 5 heteroatoms. The van der Waals surface area contributed by atoms with Gasteiger partial charge in [0.2, 0.25) is 5.91 Å². The van der Waals surface area contributed by atoms with Crippen LogP contribution in [0.25, 0.3) is 0 Å². The summed E-state index contributed by atoms with van der Waals surface area (Å²) in [4.78, 5) is 25.2. The fourth-order valence-corrected chi connectivity index (χ4v) is 2.80. The summed E-state index contributed by atoms with van der Waals surface area (Å²) < 4.78 is 13.0. The third kappa shape index (κ3) is 3.45. The molecule has 0 unspecified atom stereocenters. The molecule has 1 saturated heterocycles. The molecular formula is C19H19FN2O2. The van der Waals surface area contributed by atoms with Gasteiger partial charge in [0, 0.05) is 18.7 Å². The number of rotatable bonds is 3. The highest BCUT2D eigenvalue weighted by Gasteiger charge is 2.31. The standard InChI is InChI=1S/C19H19FN2O2/c1-14-3-7-16(8-4-14)19(24)22-12-2-11-21(22)18(23)13-15-5-9-17(20)10-6-15/h3-10H,2,11-13H2,1H3. The lowest BCUT2D eigenvalue weighted by atomic mass is 10.1. The zero-order chi connectivity index (χ0) is 17.1. The van der Waals surface area contributed by atoms with Crippen LogP contribution in [-0.2, 0) is 11.2 Å². The number of benzene rings is 2. The molecule has 2 aromatic carbocycles. The number of halogens is 1.